The second-order valence-corrected chi connectivity index (χ2v) is 6.03. The number of benzene rings is 1. The largest absolute Gasteiger partial charge is 0.481 e. The van der Waals surface area contributed by atoms with Crippen molar-refractivity contribution in [2.45, 2.75) is 31.1 Å². The van der Waals surface area contributed by atoms with Crippen molar-refractivity contribution < 1.29 is 9.90 Å². The maximum absolute atomic E-state index is 10.9. The standard InChI is InChI=1S/C16H21NO2/c1-17-8-6-12(7-9-17)11-2-4-13(5-3-11)14-10-15(14)16(18)19/h2-5,12,14-15H,6-10H2,1H3,(H,18,19). The van der Waals surface area contributed by atoms with Gasteiger partial charge in [0.25, 0.3) is 0 Å². The molecular weight excluding hydrogens is 238 g/mol. The molecule has 19 heavy (non-hydrogen) atoms. The number of carboxylic acids is 1. The van der Waals surface area contributed by atoms with E-state index in [1.54, 1.807) is 0 Å². The summed E-state index contributed by atoms with van der Waals surface area (Å²) in [6, 6.07) is 8.70. The number of rotatable bonds is 3. The van der Waals surface area contributed by atoms with Crippen LogP contribution in [-0.2, 0) is 4.79 Å². The highest BCUT2D eigenvalue weighted by Gasteiger charge is 2.44. The SMILES string of the molecule is CN1CCC(c2ccc(C3CC3C(=O)O)cc2)CC1. The molecule has 3 heteroatoms. The number of piperidine rings is 1. The maximum Gasteiger partial charge on any atom is 0.307 e. The molecule has 3 rings (SSSR count). The van der Waals surface area contributed by atoms with Crippen LogP contribution in [0.25, 0.3) is 0 Å². The third kappa shape index (κ3) is 2.66. The number of carbonyl (C=O) groups is 1. The highest BCUT2D eigenvalue weighted by atomic mass is 16.4. The average Bonchev–Trinajstić information content (AvgIpc) is 3.20. The van der Waals surface area contributed by atoms with Gasteiger partial charge in [0, 0.05) is 0 Å². The summed E-state index contributed by atoms with van der Waals surface area (Å²) in [6.45, 7) is 2.35. The molecule has 1 aliphatic heterocycles. The van der Waals surface area contributed by atoms with Gasteiger partial charge >= 0.3 is 5.97 Å². The molecule has 1 N–H and O–H groups in total. The summed E-state index contributed by atoms with van der Waals surface area (Å²) >= 11 is 0. The first-order valence-corrected chi connectivity index (χ1v) is 7.16. The van der Waals surface area contributed by atoms with Gasteiger partial charge in [-0.3, -0.25) is 4.79 Å². The van der Waals surface area contributed by atoms with Gasteiger partial charge in [-0.1, -0.05) is 24.3 Å². The Kier molecular flexibility index (Phi) is 3.31. The normalized spacial score (nSPS) is 28.3. The third-order valence-corrected chi connectivity index (χ3v) is 4.66. The van der Waals surface area contributed by atoms with Crippen molar-refractivity contribution in [2.75, 3.05) is 20.1 Å². The minimum absolute atomic E-state index is 0.144. The van der Waals surface area contributed by atoms with Crippen molar-refractivity contribution in [3.05, 3.63) is 35.4 Å². The lowest BCUT2D eigenvalue weighted by molar-refractivity contribution is -0.138. The summed E-state index contributed by atoms with van der Waals surface area (Å²) < 4.78 is 0. The molecule has 2 unspecified atom stereocenters. The van der Waals surface area contributed by atoms with Crippen molar-refractivity contribution in [1.29, 1.82) is 0 Å². The first kappa shape index (κ1) is 12.7. The lowest BCUT2D eigenvalue weighted by Crippen LogP contribution is -2.29. The molecule has 1 heterocycles. The van der Waals surface area contributed by atoms with E-state index in [1.165, 1.54) is 37.1 Å². The molecule has 1 saturated carbocycles. The Hall–Kier alpha value is -1.35. The van der Waals surface area contributed by atoms with E-state index in [0.29, 0.717) is 5.92 Å². The molecule has 0 spiro atoms. The van der Waals surface area contributed by atoms with Gasteiger partial charge in [0.05, 0.1) is 5.92 Å². The second kappa shape index (κ2) is 4.97. The fourth-order valence-electron chi connectivity index (χ4n) is 3.19. The van der Waals surface area contributed by atoms with E-state index in [2.05, 4.69) is 36.2 Å². The van der Waals surface area contributed by atoms with Crippen LogP contribution in [-0.4, -0.2) is 36.1 Å². The molecule has 2 aliphatic rings. The van der Waals surface area contributed by atoms with E-state index < -0.39 is 5.97 Å². The zero-order chi connectivity index (χ0) is 13.4. The average molecular weight is 259 g/mol. The molecule has 1 aromatic rings. The van der Waals surface area contributed by atoms with E-state index in [9.17, 15) is 4.79 Å². The lowest BCUT2D eigenvalue weighted by atomic mass is 9.89. The number of aliphatic carboxylic acids is 1. The van der Waals surface area contributed by atoms with Crippen molar-refractivity contribution in [2.24, 2.45) is 5.92 Å². The number of carboxylic acid groups (broad SMARTS) is 1. The molecule has 1 saturated heterocycles. The Balaban J connectivity index is 1.65. The Morgan fingerprint density at radius 1 is 1.16 bits per heavy atom. The van der Waals surface area contributed by atoms with Crippen LogP contribution in [0, 0.1) is 5.92 Å². The minimum Gasteiger partial charge on any atom is -0.481 e. The lowest BCUT2D eigenvalue weighted by Gasteiger charge is -2.29. The van der Waals surface area contributed by atoms with Crippen molar-refractivity contribution in [1.82, 2.24) is 4.90 Å². The molecule has 2 fully saturated rings. The van der Waals surface area contributed by atoms with Gasteiger partial charge in [0.1, 0.15) is 0 Å². The zero-order valence-electron chi connectivity index (χ0n) is 11.4. The molecule has 3 nitrogen and oxygen atoms in total. The zero-order valence-corrected chi connectivity index (χ0v) is 11.4. The van der Waals surface area contributed by atoms with E-state index in [0.717, 1.165) is 6.42 Å². The quantitative estimate of drug-likeness (QED) is 0.907. The highest BCUT2D eigenvalue weighted by molar-refractivity contribution is 5.75. The summed E-state index contributed by atoms with van der Waals surface area (Å²) in [5, 5.41) is 8.96. The number of nitrogens with zero attached hydrogens (tertiary/aromatic N) is 1. The molecule has 0 amide bonds. The van der Waals surface area contributed by atoms with Gasteiger partial charge in [-0.15, -0.1) is 0 Å². The van der Waals surface area contributed by atoms with Crippen LogP contribution in [0.15, 0.2) is 24.3 Å². The molecule has 0 radical (unpaired) electrons. The molecule has 2 atom stereocenters. The third-order valence-electron chi connectivity index (χ3n) is 4.66. The summed E-state index contributed by atoms with van der Waals surface area (Å²) in [5.74, 6) is 0.141. The molecule has 102 valence electrons. The maximum atomic E-state index is 10.9. The topological polar surface area (TPSA) is 40.5 Å². The number of hydrogen-bond acceptors (Lipinski definition) is 2. The summed E-state index contributed by atoms with van der Waals surface area (Å²) in [7, 11) is 2.18. The van der Waals surface area contributed by atoms with Crippen LogP contribution in [0.2, 0.25) is 0 Å². The van der Waals surface area contributed by atoms with E-state index >= 15 is 0 Å². The predicted octanol–water partition coefficient (Wildman–Crippen LogP) is 2.68. The van der Waals surface area contributed by atoms with E-state index in [-0.39, 0.29) is 11.8 Å². The van der Waals surface area contributed by atoms with Crippen LogP contribution in [0.3, 0.4) is 0 Å². The highest BCUT2D eigenvalue weighted by Crippen LogP contribution is 2.47. The van der Waals surface area contributed by atoms with Crippen LogP contribution in [0.5, 0.6) is 0 Å². The number of likely N-dealkylation sites (tertiary alicyclic amines) is 1. The molecule has 1 aromatic carbocycles. The first-order chi connectivity index (χ1) is 9.15. The fraction of sp³-hybridized carbons (Fsp3) is 0.562. The smallest absolute Gasteiger partial charge is 0.307 e. The Morgan fingerprint density at radius 2 is 1.74 bits per heavy atom. The summed E-state index contributed by atoms with van der Waals surface area (Å²) in [6.07, 6.45) is 3.27. The van der Waals surface area contributed by atoms with Gasteiger partial charge in [0.2, 0.25) is 0 Å². The molecule has 1 aliphatic carbocycles. The second-order valence-electron chi connectivity index (χ2n) is 6.03. The van der Waals surface area contributed by atoms with E-state index in [1.807, 2.05) is 0 Å². The minimum atomic E-state index is -0.649. The van der Waals surface area contributed by atoms with Crippen molar-refractivity contribution in [3.63, 3.8) is 0 Å². The van der Waals surface area contributed by atoms with Crippen molar-refractivity contribution >= 4 is 5.97 Å². The van der Waals surface area contributed by atoms with Gasteiger partial charge in [-0.05, 0) is 62.4 Å². The van der Waals surface area contributed by atoms with Crippen LogP contribution in [0.1, 0.15) is 42.2 Å². The molecule has 0 aromatic heterocycles. The Labute approximate surface area is 114 Å². The Morgan fingerprint density at radius 3 is 2.26 bits per heavy atom. The Bertz CT molecular complexity index is 460. The van der Waals surface area contributed by atoms with Gasteiger partial charge < -0.3 is 10.0 Å². The van der Waals surface area contributed by atoms with Gasteiger partial charge in [0.15, 0.2) is 0 Å². The van der Waals surface area contributed by atoms with Gasteiger partial charge in [-0.2, -0.15) is 0 Å². The van der Waals surface area contributed by atoms with Gasteiger partial charge in [-0.25, -0.2) is 0 Å². The number of hydrogen-bond donors (Lipinski definition) is 1. The van der Waals surface area contributed by atoms with Crippen molar-refractivity contribution in [3.8, 4) is 0 Å². The monoisotopic (exact) mass is 259 g/mol. The summed E-state index contributed by atoms with van der Waals surface area (Å²) in [4.78, 5) is 13.3. The van der Waals surface area contributed by atoms with Crippen LogP contribution in [0.4, 0.5) is 0 Å². The van der Waals surface area contributed by atoms with Crippen LogP contribution < -0.4 is 0 Å². The first-order valence-electron chi connectivity index (χ1n) is 7.16. The van der Waals surface area contributed by atoms with Crippen LogP contribution >= 0.6 is 0 Å². The predicted molar refractivity (Wildman–Crippen MR) is 74.4 cm³/mol. The summed E-state index contributed by atoms with van der Waals surface area (Å²) in [5.41, 5.74) is 2.62. The van der Waals surface area contributed by atoms with E-state index in [4.69, 9.17) is 5.11 Å². The molecular formula is C16H21NO2. The fourth-order valence-corrected chi connectivity index (χ4v) is 3.19. The molecule has 0 bridgehead atoms.